The van der Waals surface area contributed by atoms with Crippen molar-refractivity contribution in [1.29, 1.82) is 0 Å². The molecule has 2 aromatic rings. The smallest absolute Gasteiger partial charge is 0.416 e. The Balaban J connectivity index is 1.78. The van der Waals surface area contributed by atoms with Gasteiger partial charge < -0.3 is 20.1 Å². The Hall–Kier alpha value is -2.45. The van der Waals surface area contributed by atoms with E-state index in [1.54, 1.807) is 6.07 Å². The summed E-state index contributed by atoms with van der Waals surface area (Å²) in [5.41, 5.74) is -0.222. The summed E-state index contributed by atoms with van der Waals surface area (Å²) in [5, 5.41) is 11.8. The maximum atomic E-state index is 13.5. The van der Waals surface area contributed by atoms with Crippen molar-refractivity contribution < 1.29 is 27.8 Å². The van der Waals surface area contributed by atoms with Crippen LogP contribution in [0.3, 0.4) is 0 Å². The number of aromatic hydroxyl groups is 1. The van der Waals surface area contributed by atoms with Gasteiger partial charge in [-0.25, -0.2) is 0 Å². The minimum Gasteiger partial charge on any atom is -0.506 e. The third-order valence-electron chi connectivity index (χ3n) is 4.42. The maximum Gasteiger partial charge on any atom is 0.416 e. The Bertz CT molecular complexity index is 868. The molecule has 0 atom stereocenters. The molecule has 150 valence electrons. The van der Waals surface area contributed by atoms with E-state index in [0.29, 0.717) is 32.0 Å². The van der Waals surface area contributed by atoms with Crippen LogP contribution < -0.4 is 10.2 Å². The molecule has 9 heteroatoms. The second kappa shape index (κ2) is 8.28. The average molecular weight is 415 g/mol. The SMILES string of the molecule is O=C(NCc1ccc(N2CCOCC2)cc1C(F)(F)F)c1ccc(O)c(Cl)c1. The zero-order valence-electron chi connectivity index (χ0n) is 14.7. The molecule has 0 bridgehead atoms. The van der Waals surface area contributed by atoms with Gasteiger partial charge in [0.15, 0.2) is 0 Å². The molecule has 2 N–H and O–H groups in total. The fourth-order valence-electron chi connectivity index (χ4n) is 2.93. The highest BCUT2D eigenvalue weighted by Crippen LogP contribution is 2.35. The molecule has 0 radical (unpaired) electrons. The fourth-order valence-corrected chi connectivity index (χ4v) is 3.11. The van der Waals surface area contributed by atoms with Crippen molar-refractivity contribution in [3.8, 4) is 5.75 Å². The number of phenols is 1. The van der Waals surface area contributed by atoms with Crippen molar-refractivity contribution in [1.82, 2.24) is 5.32 Å². The summed E-state index contributed by atoms with van der Waals surface area (Å²) in [6.45, 7) is 1.68. The first-order valence-electron chi connectivity index (χ1n) is 8.55. The average Bonchev–Trinajstić information content (AvgIpc) is 2.68. The number of alkyl halides is 3. The largest absolute Gasteiger partial charge is 0.506 e. The number of phenolic OH excluding ortho intramolecular Hbond substituents is 1. The van der Waals surface area contributed by atoms with E-state index < -0.39 is 17.6 Å². The number of anilines is 1. The predicted octanol–water partition coefficient (Wildman–Crippen LogP) is 3.83. The van der Waals surface area contributed by atoms with Gasteiger partial charge in [0.25, 0.3) is 5.91 Å². The minimum atomic E-state index is -4.55. The van der Waals surface area contributed by atoms with E-state index in [1.807, 2.05) is 4.90 Å². The Morgan fingerprint density at radius 3 is 2.54 bits per heavy atom. The molecule has 1 aliphatic heterocycles. The molecule has 1 fully saturated rings. The Kier molecular flexibility index (Phi) is 6.00. The Morgan fingerprint density at radius 2 is 1.89 bits per heavy atom. The van der Waals surface area contributed by atoms with Crippen molar-refractivity contribution in [3.05, 3.63) is 58.1 Å². The van der Waals surface area contributed by atoms with Crippen LogP contribution in [0.25, 0.3) is 0 Å². The lowest BCUT2D eigenvalue weighted by Crippen LogP contribution is -2.36. The molecule has 3 rings (SSSR count). The number of halogens is 4. The van der Waals surface area contributed by atoms with Gasteiger partial charge in [-0.1, -0.05) is 17.7 Å². The van der Waals surface area contributed by atoms with Crippen LogP contribution in [0.5, 0.6) is 5.75 Å². The number of ether oxygens (including phenoxy) is 1. The van der Waals surface area contributed by atoms with E-state index in [1.165, 1.54) is 24.3 Å². The van der Waals surface area contributed by atoms with Crippen molar-refractivity contribution in [2.75, 3.05) is 31.2 Å². The van der Waals surface area contributed by atoms with Crippen LogP contribution in [0, 0.1) is 0 Å². The fraction of sp³-hybridized carbons (Fsp3) is 0.316. The number of hydrogen-bond donors (Lipinski definition) is 2. The van der Waals surface area contributed by atoms with E-state index in [-0.39, 0.29) is 28.4 Å². The molecule has 0 saturated carbocycles. The summed E-state index contributed by atoms with van der Waals surface area (Å²) in [5.74, 6) is -0.774. The number of carbonyl (C=O) groups is 1. The summed E-state index contributed by atoms with van der Waals surface area (Å²) in [7, 11) is 0. The highest BCUT2D eigenvalue weighted by Gasteiger charge is 2.34. The van der Waals surface area contributed by atoms with E-state index in [9.17, 15) is 23.1 Å². The van der Waals surface area contributed by atoms with E-state index in [4.69, 9.17) is 16.3 Å². The van der Waals surface area contributed by atoms with Crippen LogP contribution in [0.1, 0.15) is 21.5 Å². The lowest BCUT2D eigenvalue weighted by molar-refractivity contribution is -0.138. The van der Waals surface area contributed by atoms with Crippen LogP contribution in [0.15, 0.2) is 36.4 Å². The van der Waals surface area contributed by atoms with Gasteiger partial charge in [0, 0.05) is 30.9 Å². The van der Waals surface area contributed by atoms with E-state index in [0.717, 1.165) is 6.07 Å². The van der Waals surface area contributed by atoms with Gasteiger partial charge in [-0.05, 0) is 35.9 Å². The van der Waals surface area contributed by atoms with Gasteiger partial charge in [-0.15, -0.1) is 0 Å². The zero-order valence-corrected chi connectivity index (χ0v) is 15.5. The van der Waals surface area contributed by atoms with E-state index >= 15 is 0 Å². The third-order valence-corrected chi connectivity index (χ3v) is 4.73. The number of nitrogens with one attached hydrogen (secondary N) is 1. The predicted molar refractivity (Wildman–Crippen MR) is 98.8 cm³/mol. The number of carbonyl (C=O) groups excluding carboxylic acids is 1. The molecular weight excluding hydrogens is 397 g/mol. The number of nitrogens with zero attached hydrogens (tertiary/aromatic N) is 1. The quantitative estimate of drug-likeness (QED) is 0.798. The summed E-state index contributed by atoms with van der Waals surface area (Å²) >= 11 is 5.76. The lowest BCUT2D eigenvalue weighted by Gasteiger charge is -2.29. The van der Waals surface area contributed by atoms with Gasteiger partial charge in [-0.2, -0.15) is 13.2 Å². The number of rotatable bonds is 4. The molecule has 1 aliphatic rings. The standard InChI is InChI=1S/C19H18ClF3N2O3/c20-16-9-12(2-4-17(16)26)18(27)24-11-13-1-3-14(10-15(13)19(21,22)23)25-5-7-28-8-6-25/h1-4,9-10,26H,5-8,11H2,(H,24,27). The minimum absolute atomic E-state index is 0.0153. The summed E-state index contributed by atoms with van der Waals surface area (Å²) in [6, 6.07) is 7.91. The van der Waals surface area contributed by atoms with Gasteiger partial charge >= 0.3 is 6.18 Å². The normalized spacial score (nSPS) is 14.8. The molecule has 28 heavy (non-hydrogen) atoms. The van der Waals surface area contributed by atoms with Crippen molar-refractivity contribution in [3.63, 3.8) is 0 Å². The topological polar surface area (TPSA) is 61.8 Å². The van der Waals surface area contributed by atoms with Crippen LogP contribution in [-0.4, -0.2) is 37.3 Å². The molecule has 5 nitrogen and oxygen atoms in total. The number of benzene rings is 2. The molecule has 1 amide bonds. The summed E-state index contributed by atoms with van der Waals surface area (Å²) in [4.78, 5) is 14.0. The van der Waals surface area contributed by atoms with Crippen molar-refractivity contribution in [2.45, 2.75) is 12.7 Å². The van der Waals surface area contributed by atoms with Crippen LogP contribution in [-0.2, 0) is 17.5 Å². The molecular formula is C19H18ClF3N2O3. The molecule has 2 aromatic carbocycles. The van der Waals surface area contributed by atoms with Gasteiger partial charge in [0.05, 0.1) is 23.8 Å². The highest BCUT2D eigenvalue weighted by atomic mass is 35.5. The molecule has 1 saturated heterocycles. The number of morpholine rings is 1. The van der Waals surface area contributed by atoms with Crippen LogP contribution >= 0.6 is 11.6 Å². The van der Waals surface area contributed by atoms with Gasteiger partial charge in [0.2, 0.25) is 0 Å². The second-order valence-electron chi connectivity index (χ2n) is 6.29. The maximum absolute atomic E-state index is 13.5. The highest BCUT2D eigenvalue weighted by molar-refractivity contribution is 6.32. The zero-order chi connectivity index (χ0) is 20.3. The Labute approximate surface area is 164 Å². The third kappa shape index (κ3) is 4.69. The lowest BCUT2D eigenvalue weighted by atomic mass is 10.0. The van der Waals surface area contributed by atoms with Gasteiger partial charge in [0.1, 0.15) is 5.75 Å². The second-order valence-corrected chi connectivity index (χ2v) is 6.69. The van der Waals surface area contributed by atoms with Crippen LogP contribution in [0.4, 0.5) is 18.9 Å². The van der Waals surface area contributed by atoms with Gasteiger partial charge in [-0.3, -0.25) is 4.79 Å². The van der Waals surface area contributed by atoms with E-state index in [2.05, 4.69) is 5.32 Å². The first kappa shape index (κ1) is 20.3. The molecule has 0 aromatic heterocycles. The summed E-state index contributed by atoms with van der Waals surface area (Å²) in [6.07, 6.45) is -4.55. The van der Waals surface area contributed by atoms with Crippen LogP contribution in [0.2, 0.25) is 5.02 Å². The molecule has 0 aliphatic carbocycles. The monoisotopic (exact) mass is 414 g/mol. The summed E-state index contributed by atoms with van der Waals surface area (Å²) < 4.78 is 45.8. The first-order valence-corrected chi connectivity index (χ1v) is 8.93. The molecule has 1 heterocycles. The number of hydrogen-bond acceptors (Lipinski definition) is 4. The number of amides is 1. The molecule has 0 spiro atoms. The first-order chi connectivity index (χ1) is 13.3. The molecule has 0 unspecified atom stereocenters. The van der Waals surface area contributed by atoms with Crippen molar-refractivity contribution >= 4 is 23.2 Å². The Morgan fingerprint density at radius 1 is 1.18 bits per heavy atom. The van der Waals surface area contributed by atoms with Crippen molar-refractivity contribution in [2.24, 2.45) is 0 Å².